The molecule has 1 saturated carbocycles. The summed E-state index contributed by atoms with van der Waals surface area (Å²) in [5.74, 6) is -0.704. The van der Waals surface area contributed by atoms with Crippen molar-refractivity contribution < 1.29 is 23.1 Å². The van der Waals surface area contributed by atoms with Crippen molar-refractivity contribution in [2.45, 2.75) is 35.8 Å². The van der Waals surface area contributed by atoms with Crippen LogP contribution in [-0.2, 0) is 11.3 Å². The third-order valence-corrected chi connectivity index (χ3v) is 3.78. The van der Waals surface area contributed by atoms with Crippen molar-refractivity contribution in [1.29, 1.82) is 0 Å². The van der Waals surface area contributed by atoms with Crippen LogP contribution in [0.1, 0.15) is 18.4 Å². The topological polar surface area (TPSA) is 49.3 Å². The van der Waals surface area contributed by atoms with E-state index in [1.54, 1.807) is 12.1 Å². The van der Waals surface area contributed by atoms with E-state index in [0.717, 1.165) is 18.4 Å². The summed E-state index contributed by atoms with van der Waals surface area (Å²) in [5.41, 5.74) is -3.52. The molecule has 20 heavy (non-hydrogen) atoms. The zero-order chi connectivity index (χ0) is 14.8. The van der Waals surface area contributed by atoms with Crippen LogP contribution >= 0.6 is 11.8 Å². The molecule has 3 nitrogen and oxygen atoms in total. The molecule has 1 aromatic rings. The van der Waals surface area contributed by atoms with Gasteiger partial charge in [0.1, 0.15) is 6.04 Å². The Morgan fingerprint density at radius 2 is 1.95 bits per heavy atom. The first-order chi connectivity index (χ1) is 9.35. The van der Waals surface area contributed by atoms with E-state index in [-0.39, 0.29) is 22.6 Å². The minimum Gasteiger partial charge on any atom is -0.480 e. The number of hydrogen-bond donors (Lipinski definition) is 2. The lowest BCUT2D eigenvalue weighted by Crippen LogP contribution is -2.38. The SMILES string of the molecule is O=C(O)C(NCc1ccc(SC(F)(F)F)cc1)C1CC1. The predicted molar refractivity (Wildman–Crippen MR) is 69.3 cm³/mol. The maximum atomic E-state index is 12.2. The summed E-state index contributed by atoms with van der Waals surface area (Å²) in [6, 6.07) is 5.36. The van der Waals surface area contributed by atoms with Crippen LogP contribution in [0.5, 0.6) is 0 Å². The van der Waals surface area contributed by atoms with Gasteiger partial charge in [0.25, 0.3) is 0 Å². The summed E-state index contributed by atoms with van der Waals surface area (Å²) in [6.07, 6.45) is 1.82. The number of halogens is 3. The molecule has 0 radical (unpaired) electrons. The standard InChI is InChI=1S/C13H14F3NO2S/c14-13(15,16)20-10-5-1-8(2-6-10)7-17-11(12(18)19)9-3-4-9/h1-2,5-6,9,11,17H,3-4,7H2,(H,18,19). The number of carboxylic acids is 1. The van der Waals surface area contributed by atoms with Gasteiger partial charge < -0.3 is 10.4 Å². The Hall–Kier alpha value is -1.21. The van der Waals surface area contributed by atoms with E-state index in [1.807, 2.05) is 0 Å². The highest BCUT2D eigenvalue weighted by molar-refractivity contribution is 8.00. The minimum absolute atomic E-state index is 0.123. The third kappa shape index (κ3) is 4.72. The van der Waals surface area contributed by atoms with Crippen molar-refractivity contribution in [2.24, 2.45) is 5.92 Å². The lowest BCUT2D eigenvalue weighted by molar-refractivity contribution is -0.140. The Bertz CT molecular complexity index is 471. The van der Waals surface area contributed by atoms with Gasteiger partial charge >= 0.3 is 11.5 Å². The first-order valence-electron chi connectivity index (χ1n) is 6.16. The van der Waals surface area contributed by atoms with Crippen LogP contribution in [0.4, 0.5) is 13.2 Å². The Labute approximate surface area is 118 Å². The molecule has 1 fully saturated rings. The number of rotatable bonds is 6. The molecule has 0 aromatic heterocycles. The van der Waals surface area contributed by atoms with Gasteiger partial charge in [-0.2, -0.15) is 13.2 Å². The number of aliphatic carboxylic acids is 1. The van der Waals surface area contributed by atoms with Crippen LogP contribution in [0.25, 0.3) is 0 Å². The van der Waals surface area contributed by atoms with Gasteiger partial charge in [-0.3, -0.25) is 4.79 Å². The van der Waals surface area contributed by atoms with Gasteiger partial charge in [-0.05, 0) is 48.2 Å². The quantitative estimate of drug-likeness (QED) is 0.792. The molecule has 0 saturated heterocycles. The summed E-state index contributed by atoms with van der Waals surface area (Å²) in [5, 5.41) is 12.0. The first kappa shape index (κ1) is 15.2. The zero-order valence-electron chi connectivity index (χ0n) is 10.5. The zero-order valence-corrected chi connectivity index (χ0v) is 11.3. The van der Waals surface area contributed by atoms with Crippen molar-refractivity contribution in [1.82, 2.24) is 5.32 Å². The van der Waals surface area contributed by atoms with Crippen molar-refractivity contribution >= 4 is 17.7 Å². The molecule has 1 unspecified atom stereocenters. The van der Waals surface area contributed by atoms with E-state index < -0.39 is 17.5 Å². The molecular formula is C13H14F3NO2S. The number of nitrogens with one attached hydrogen (secondary N) is 1. The number of alkyl halides is 3. The highest BCUT2D eigenvalue weighted by Gasteiger charge is 2.35. The lowest BCUT2D eigenvalue weighted by atomic mass is 10.1. The number of benzene rings is 1. The van der Waals surface area contributed by atoms with Crippen molar-refractivity contribution in [3.05, 3.63) is 29.8 Å². The molecule has 0 heterocycles. The van der Waals surface area contributed by atoms with Crippen molar-refractivity contribution in [3.63, 3.8) is 0 Å². The summed E-state index contributed by atoms with van der Waals surface area (Å²) in [7, 11) is 0. The Kier molecular flexibility index (Phi) is 4.59. The molecule has 1 atom stereocenters. The minimum atomic E-state index is -4.29. The fourth-order valence-electron chi connectivity index (χ4n) is 1.92. The Morgan fingerprint density at radius 3 is 2.40 bits per heavy atom. The van der Waals surface area contributed by atoms with Crippen LogP contribution in [0.3, 0.4) is 0 Å². The molecular weight excluding hydrogens is 291 g/mol. The van der Waals surface area contributed by atoms with E-state index in [9.17, 15) is 18.0 Å². The molecule has 0 aliphatic heterocycles. The van der Waals surface area contributed by atoms with E-state index in [1.165, 1.54) is 12.1 Å². The van der Waals surface area contributed by atoms with Crippen LogP contribution in [0.2, 0.25) is 0 Å². The Balaban J connectivity index is 1.88. The number of carboxylic acid groups (broad SMARTS) is 1. The number of thioether (sulfide) groups is 1. The summed E-state index contributed by atoms with van der Waals surface area (Å²) in [6.45, 7) is 0.338. The van der Waals surface area contributed by atoms with Gasteiger partial charge in [-0.15, -0.1) is 0 Å². The van der Waals surface area contributed by atoms with Gasteiger partial charge in [0, 0.05) is 11.4 Å². The van der Waals surface area contributed by atoms with Gasteiger partial charge in [-0.1, -0.05) is 12.1 Å². The fraction of sp³-hybridized carbons (Fsp3) is 0.462. The average Bonchev–Trinajstić information content (AvgIpc) is 3.13. The van der Waals surface area contributed by atoms with Crippen LogP contribution in [0, 0.1) is 5.92 Å². The van der Waals surface area contributed by atoms with Crippen LogP contribution < -0.4 is 5.32 Å². The normalized spacial score (nSPS) is 16.9. The van der Waals surface area contributed by atoms with Crippen LogP contribution in [0.15, 0.2) is 29.2 Å². The van der Waals surface area contributed by atoms with E-state index >= 15 is 0 Å². The highest BCUT2D eigenvalue weighted by Crippen LogP contribution is 2.36. The van der Waals surface area contributed by atoms with Crippen molar-refractivity contribution in [3.8, 4) is 0 Å². The largest absolute Gasteiger partial charge is 0.480 e. The predicted octanol–water partition coefficient (Wildman–Crippen LogP) is 3.25. The molecule has 0 amide bonds. The molecule has 2 N–H and O–H groups in total. The third-order valence-electron chi connectivity index (χ3n) is 3.04. The highest BCUT2D eigenvalue weighted by atomic mass is 32.2. The van der Waals surface area contributed by atoms with E-state index in [4.69, 9.17) is 5.11 Å². The summed E-state index contributed by atoms with van der Waals surface area (Å²) >= 11 is -0.161. The molecule has 2 rings (SSSR count). The second kappa shape index (κ2) is 6.05. The van der Waals surface area contributed by atoms with Gasteiger partial charge in [0.05, 0.1) is 0 Å². The lowest BCUT2D eigenvalue weighted by Gasteiger charge is -2.13. The van der Waals surface area contributed by atoms with E-state index in [2.05, 4.69) is 5.32 Å². The number of carbonyl (C=O) groups is 1. The summed E-state index contributed by atoms with van der Waals surface area (Å²) in [4.78, 5) is 11.1. The maximum absolute atomic E-state index is 12.2. The summed E-state index contributed by atoms with van der Waals surface area (Å²) < 4.78 is 36.5. The average molecular weight is 305 g/mol. The molecule has 0 bridgehead atoms. The van der Waals surface area contributed by atoms with Crippen molar-refractivity contribution in [2.75, 3.05) is 0 Å². The van der Waals surface area contributed by atoms with Gasteiger partial charge in [0.2, 0.25) is 0 Å². The molecule has 0 spiro atoms. The van der Waals surface area contributed by atoms with Gasteiger partial charge in [0.15, 0.2) is 0 Å². The molecule has 1 aromatic carbocycles. The number of hydrogen-bond acceptors (Lipinski definition) is 3. The van der Waals surface area contributed by atoms with Gasteiger partial charge in [-0.25, -0.2) is 0 Å². The monoisotopic (exact) mass is 305 g/mol. The first-order valence-corrected chi connectivity index (χ1v) is 6.98. The fourth-order valence-corrected chi connectivity index (χ4v) is 2.46. The second-order valence-electron chi connectivity index (χ2n) is 4.73. The van der Waals surface area contributed by atoms with E-state index in [0.29, 0.717) is 6.54 Å². The Morgan fingerprint density at radius 1 is 1.35 bits per heavy atom. The molecule has 1 aliphatic rings. The molecule has 7 heteroatoms. The van der Waals surface area contributed by atoms with Crippen LogP contribution in [-0.4, -0.2) is 22.6 Å². The second-order valence-corrected chi connectivity index (χ2v) is 5.86. The maximum Gasteiger partial charge on any atom is 0.446 e. The molecule has 110 valence electrons. The smallest absolute Gasteiger partial charge is 0.446 e. The molecule has 1 aliphatic carbocycles.